The van der Waals surface area contributed by atoms with Gasteiger partial charge in [0, 0.05) is 47.8 Å². The number of fused-ring (bicyclic) bond motifs is 1. The quantitative estimate of drug-likeness (QED) is 0.156. The van der Waals surface area contributed by atoms with Gasteiger partial charge in [0.2, 0.25) is 11.8 Å². The van der Waals surface area contributed by atoms with Crippen LogP contribution in [0, 0.1) is 11.8 Å². The summed E-state index contributed by atoms with van der Waals surface area (Å²) in [5.41, 5.74) is 2.58. The molecule has 0 saturated carbocycles. The monoisotopic (exact) mass is 516 g/mol. The highest BCUT2D eigenvalue weighted by Crippen LogP contribution is 2.51. The molecular formula is C21H30F2N6O5S. The van der Waals surface area contributed by atoms with Crippen LogP contribution in [0.1, 0.15) is 26.7 Å². The molecule has 11 nitrogen and oxygen atoms in total. The van der Waals surface area contributed by atoms with Crippen LogP contribution in [0.3, 0.4) is 0 Å². The van der Waals surface area contributed by atoms with E-state index in [1.54, 1.807) is 11.8 Å². The molecular weight excluding hydrogens is 486 g/mol. The van der Waals surface area contributed by atoms with Crippen molar-refractivity contribution in [1.29, 1.82) is 0 Å². The number of hydrogen-bond donors (Lipinski definition) is 5. The average Bonchev–Trinajstić information content (AvgIpc) is 3.52. The maximum atomic E-state index is 12.9. The standard InChI is InChI=1S/C21H30F2N6O5S/c1-8-14-13(9(2)26-18(30)17(22)23)20(32)29(14)15(21(33)34)16(8)35-11-5-12(25-6-11)19(31)28-4-3-10(7-28)27-24/h8-14,17,25,27H,3-7,24H2,1-2H3,(H,26,30)(H,33,34)/t8-,9-,10+,11+,12+,13-,14-/m1/s1. The number of carboxylic acids is 1. The predicted molar refractivity (Wildman–Crippen MR) is 122 cm³/mol. The molecule has 7 atom stereocenters. The lowest BCUT2D eigenvalue weighted by molar-refractivity contribution is -0.159. The SMILES string of the molecule is C[C@@H](NC(=O)C(F)F)[C@H]1C(=O)N2C(C(=O)O)=C(S[C@@H]3CN[C@H](C(=O)N4CC[C@H](NN)C4)C3)[C@H](C)[C@H]12. The minimum absolute atomic E-state index is 0.0135. The van der Waals surface area contributed by atoms with Crippen LogP contribution in [0.2, 0.25) is 0 Å². The van der Waals surface area contributed by atoms with Crippen molar-refractivity contribution in [2.75, 3.05) is 19.6 Å². The summed E-state index contributed by atoms with van der Waals surface area (Å²) >= 11 is 1.34. The molecule has 4 rings (SSSR count). The molecule has 4 aliphatic heterocycles. The predicted octanol–water partition coefficient (Wildman–Crippen LogP) is -0.943. The highest BCUT2D eigenvalue weighted by molar-refractivity contribution is 8.03. The molecule has 0 aromatic rings. The van der Waals surface area contributed by atoms with Gasteiger partial charge in [-0.1, -0.05) is 6.92 Å². The van der Waals surface area contributed by atoms with Crippen molar-refractivity contribution < 1.29 is 33.1 Å². The Bertz CT molecular complexity index is 951. The fraction of sp³-hybridized carbons (Fsp3) is 0.714. The van der Waals surface area contributed by atoms with Gasteiger partial charge >= 0.3 is 12.4 Å². The van der Waals surface area contributed by atoms with Gasteiger partial charge in [-0.2, -0.15) is 8.78 Å². The number of aliphatic carboxylic acids is 1. The summed E-state index contributed by atoms with van der Waals surface area (Å²) in [4.78, 5) is 52.7. The van der Waals surface area contributed by atoms with Gasteiger partial charge in [-0.3, -0.25) is 25.7 Å². The Kier molecular flexibility index (Phi) is 7.36. The van der Waals surface area contributed by atoms with Gasteiger partial charge in [-0.05, 0) is 19.8 Å². The van der Waals surface area contributed by atoms with Crippen molar-refractivity contribution in [3.8, 4) is 0 Å². The molecule has 0 spiro atoms. The van der Waals surface area contributed by atoms with Gasteiger partial charge in [0.25, 0.3) is 5.91 Å². The summed E-state index contributed by atoms with van der Waals surface area (Å²) in [6.07, 6.45) is -1.92. The Balaban J connectivity index is 1.43. The van der Waals surface area contributed by atoms with Crippen molar-refractivity contribution in [2.45, 2.75) is 62.5 Å². The normalized spacial score (nSPS) is 33.3. The number of nitrogens with zero attached hydrogens (tertiary/aromatic N) is 2. The lowest BCUT2D eigenvalue weighted by atomic mass is 9.78. The fourth-order valence-corrected chi connectivity index (χ4v) is 7.03. The maximum Gasteiger partial charge on any atom is 0.353 e. The zero-order valence-electron chi connectivity index (χ0n) is 19.4. The second-order valence-electron chi connectivity index (χ2n) is 9.50. The minimum atomic E-state index is -3.20. The van der Waals surface area contributed by atoms with E-state index in [2.05, 4.69) is 16.1 Å². The van der Waals surface area contributed by atoms with Crippen LogP contribution in [0.25, 0.3) is 0 Å². The molecule has 14 heteroatoms. The van der Waals surface area contributed by atoms with E-state index in [0.29, 0.717) is 31.0 Å². The van der Waals surface area contributed by atoms with Crippen LogP contribution in [-0.2, 0) is 19.2 Å². The fourth-order valence-electron chi connectivity index (χ4n) is 5.55. The molecule has 35 heavy (non-hydrogen) atoms. The molecule has 0 unspecified atom stereocenters. The number of rotatable bonds is 8. The molecule has 3 fully saturated rings. The first-order valence-corrected chi connectivity index (χ1v) is 12.5. The Hall–Kier alpha value is -2.29. The molecule has 3 saturated heterocycles. The van der Waals surface area contributed by atoms with Crippen molar-refractivity contribution in [3.63, 3.8) is 0 Å². The molecule has 3 amide bonds. The molecule has 0 bridgehead atoms. The van der Waals surface area contributed by atoms with Gasteiger partial charge in [-0.15, -0.1) is 11.8 Å². The Labute approximate surface area is 205 Å². The summed E-state index contributed by atoms with van der Waals surface area (Å²) in [7, 11) is 0. The molecule has 0 aliphatic carbocycles. The van der Waals surface area contributed by atoms with Gasteiger partial charge in [0.05, 0.1) is 18.0 Å². The van der Waals surface area contributed by atoms with Gasteiger partial charge < -0.3 is 25.5 Å². The number of amides is 3. The average molecular weight is 517 g/mol. The lowest BCUT2D eigenvalue weighted by Crippen LogP contribution is -2.66. The van der Waals surface area contributed by atoms with Crippen LogP contribution in [0.5, 0.6) is 0 Å². The first-order valence-electron chi connectivity index (χ1n) is 11.6. The Morgan fingerprint density at radius 2 is 2.03 bits per heavy atom. The number of β-lactam (4-membered cyclic amide) rings is 1. The zero-order chi connectivity index (χ0) is 25.6. The molecule has 6 N–H and O–H groups in total. The summed E-state index contributed by atoms with van der Waals surface area (Å²) in [6, 6.07) is -1.72. The van der Waals surface area contributed by atoms with E-state index in [0.717, 1.165) is 6.42 Å². The number of alkyl halides is 2. The van der Waals surface area contributed by atoms with Crippen LogP contribution >= 0.6 is 11.8 Å². The number of hydrazine groups is 1. The van der Waals surface area contributed by atoms with Crippen molar-refractivity contribution >= 4 is 35.5 Å². The molecule has 0 radical (unpaired) electrons. The molecule has 194 valence electrons. The first-order chi connectivity index (χ1) is 16.5. The van der Waals surface area contributed by atoms with Crippen LogP contribution in [-0.4, -0.2) is 94.1 Å². The highest BCUT2D eigenvalue weighted by atomic mass is 32.2. The van der Waals surface area contributed by atoms with Gasteiger partial charge in [0.15, 0.2) is 0 Å². The third kappa shape index (κ3) is 4.63. The second kappa shape index (κ2) is 9.99. The summed E-state index contributed by atoms with van der Waals surface area (Å²) < 4.78 is 25.3. The second-order valence-corrected chi connectivity index (χ2v) is 10.8. The number of carbonyl (C=O) groups is 4. The number of nitrogens with one attached hydrogen (secondary N) is 3. The largest absolute Gasteiger partial charge is 0.477 e. The van der Waals surface area contributed by atoms with Crippen molar-refractivity contribution in [1.82, 2.24) is 25.9 Å². The number of halogens is 2. The van der Waals surface area contributed by atoms with E-state index in [4.69, 9.17) is 5.84 Å². The summed E-state index contributed by atoms with van der Waals surface area (Å²) in [5, 5.41) is 15.2. The summed E-state index contributed by atoms with van der Waals surface area (Å²) in [5.74, 6) is 1.09. The van der Waals surface area contributed by atoms with Crippen molar-refractivity contribution in [3.05, 3.63) is 10.6 Å². The van der Waals surface area contributed by atoms with E-state index in [1.807, 2.05) is 0 Å². The van der Waals surface area contributed by atoms with E-state index in [-0.39, 0.29) is 34.9 Å². The number of likely N-dealkylation sites (tertiary alicyclic amines) is 1. The zero-order valence-corrected chi connectivity index (χ0v) is 20.2. The highest BCUT2D eigenvalue weighted by Gasteiger charge is 2.60. The van der Waals surface area contributed by atoms with E-state index in [9.17, 15) is 33.1 Å². The minimum Gasteiger partial charge on any atom is -0.477 e. The number of hydrogen-bond acceptors (Lipinski definition) is 8. The van der Waals surface area contributed by atoms with Crippen molar-refractivity contribution in [2.24, 2.45) is 17.7 Å². The maximum absolute atomic E-state index is 12.9. The number of thioether (sulfide) groups is 1. The van der Waals surface area contributed by atoms with E-state index < -0.39 is 42.2 Å². The van der Waals surface area contributed by atoms with Crippen LogP contribution in [0.15, 0.2) is 10.6 Å². The topological polar surface area (TPSA) is 157 Å². The van der Waals surface area contributed by atoms with E-state index in [1.165, 1.54) is 23.6 Å². The van der Waals surface area contributed by atoms with Gasteiger partial charge in [-0.25, -0.2) is 4.79 Å². The lowest BCUT2D eigenvalue weighted by Gasteiger charge is -2.47. The number of carboxylic acid groups (broad SMARTS) is 1. The Morgan fingerprint density at radius 1 is 1.31 bits per heavy atom. The molecule has 0 aromatic heterocycles. The van der Waals surface area contributed by atoms with Crippen LogP contribution in [0.4, 0.5) is 8.78 Å². The molecule has 4 heterocycles. The van der Waals surface area contributed by atoms with E-state index >= 15 is 0 Å². The number of carbonyl (C=O) groups excluding carboxylic acids is 3. The smallest absolute Gasteiger partial charge is 0.353 e. The third-order valence-corrected chi connectivity index (χ3v) is 8.83. The van der Waals surface area contributed by atoms with Crippen LogP contribution < -0.4 is 21.9 Å². The van der Waals surface area contributed by atoms with Gasteiger partial charge in [0.1, 0.15) is 5.70 Å². The molecule has 0 aromatic carbocycles. The first kappa shape index (κ1) is 25.8. The number of nitrogens with two attached hydrogens (primary N) is 1. The summed E-state index contributed by atoms with van der Waals surface area (Å²) in [6.45, 7) is 4.93. The third-order valence-electron chi connectivity index (χ3n) is 7.32. The Morgan fingerprint density at radius 3 is 2.63 bits per heavy atom. The molecule has 4 aliphatic rings.